The van der Waals surface area contributed by atoms with Gasteiger partial charge >= 0.3 is 23.9 Å². The first-order valence-corrected chi connectivity index (χ1v) is 7.52. The number of rotatable bonds is 9. The molecule has 0 aliphatic carbocycles. The van der Waals surface area contributed by atoms with Gasteiger partial charge in [-0.3, -0.25) is 0 Å². The molecule has 2 unspecified atom stereocenters. The Bertz CT molecular complexity index is 492. The summed E-state index contributed by atoms with van der Waals surface area (Å²) in [6, 6.07) is 0. The van der Waals surface area contributed by atoms with Crippen LogP contribution in [0.1, 0.15) is 13.8 Å². The van der Waals surface area contributed by atoms with Crippen molar-refractivity contribution in [3.63, 3.8) is 0 Å². The van der Waals surface area contributed by atoms with Crippen molar-refractivity contribution in [1.82, 2.24) is 0 Å². The van der Waals surface area contributed by atoms with Gasteiger partial charge in [0.25, 0.3) is 0 Å². The Balaban J connectivity index is -0.000000388. The number of aliphatic hydroxyl groups excluding tert-OH is 4. The van der Waals surface area contributed by atoms with Crippen molar-refractivity contribution in [3.8, 4) is 0 Å². The molecular weight excluding hydrogens is 384 g/mol. The van der Waals surface area contributed by atoms with Crippen LogP contribution in [0.15, 0.2) is 24.3 Å². The maximum atomic E-state index is 10.8. The van der Waals surface area contributed by atoms with E-state index in [0.717, 1.165) is 0 Å². The van der Waals surface area contributed by atoms with Gasteiger partial charge in [0, 0.05) is 11.1 Å². The summed E-state index contributed by atoms with van der Waals surface area (Å²) in [7, 11) is 0. The Morgan fingerprint density at radius 2 is 1.00 bits per heavy atom. The quantitative estimate of drug-likeness (QED) is 0.139. The molecule has 0 bridgehead atoms. The number of carboxylic acid groups (broad SMARTS) is 2. The lowest BCUT2D eigenvalue weighted by Gasteiger charge is -2.07. The van der Waals surface area contributed by atoms with Crippen LogP contribution in [-0.2, 0) is 28.7 Å². The summed E-state index contributed by atoms with van der Waals surface area (Å²) >= 11 is 0. The number of carboxylic acids is 2. The van der Waals surface area contributed by atoms with Gasteiger partial charge in [-0.1, -0.05) is 13.2 Å². The molecule has 0 aliphatic rings. The lowest BCUT2D eigenvalue weighted by Crippen LogP contribution is -2.39. The third-order valence-electron chi connectivity index (χ3n) is 2.15. The second-order valence-electron chi connectivity index (χ2n) is 4.85. The average molecular weight is 410 g/mol. The number of ether oxygens (including phenoxy) is 2. The van der Waals surface area contributed by atoms with E-state index < -0.39 is 36.1 Å². The number of esters is 2. The molecule has 0 aliphatic heterocycles. The molecule has 0 aromatic heterocycles. The van der Waals surface area contributed by atoms with Crippen LogP contribution < -0.4 is 0 Å². The first-order chi connectivity index (χ1) is 12.8. The zero-order chi connectivity index (χ0) is 22.9. The highest BCUT2D eigenvalue weighted by Crippen LogP contribution is 1.94. The molecule has 0 rings (SSSR count). The molecule has 6 N–H and O–H groups in total. The van der Waals surface area contributed by atoms with Gasteiger partial charge in [-0.15, -0.1) is 0 Å². The van der Waals surface area contributed by atoms with Gasteiger partial charge in [-0.05, 0) is 13.8 Å². The fourth-order valence-electron chi connectivity index (χ4n) is 0.785. The van der Waals surface area contributed by atoms with Crippen molar-refractivity contribution >= 4 is 23.9 Å². The summed E-state index contributed by atoms with van der Waals surface area (Å²) < 4.78 is 9.38. The molecule has 162 valence electrons. The molecule has 0 amide bonds. The van der Waals surface area contributed by atoms with Crippen LogP contribution in [0.5, 0.6) is 0 Å². The van der Waals surface area contributed by atoms with Gasteiger partial charge < -0.3 is 40.1 Å². The topological polar surface area (TPSA) is 208 Å². The second kappa shape index (κ2) is 17.6. The van der Waals surface area contributed by atoms with E-state index in [1.54, 1.807) is 13.8 Å². The molecule has 12 nitrogen and oxygen atoms in total. The summed E-state index contributed by atoms with van der Waals surface area (Å²) in [5.41, 5.74) is 0.632. The Kier molecular flexibility index (Phi) is 18.8. The van der Waals surface area contributed by atoms with Gasteiger partial charge in [-0.2, -0.15) is 0 Å². The molecule has 0 aromatic rings. The Hall–Kier alpha value is -2.80. The monoisotopic (exact) mass is 410 g/mol. The van der Waals surface area contributed by atoms with Crippen LogP contribution in [0.4, 0.5) is 0 Å². The maximum Gasteiger partial charge on any atom is 0.335 e. The predicted molar refractivity (Wildman–Crippen MR) is 93.0 cm³/mol. The van der Waals surface area contributed by atoms with Gasteiger partial charge in [0.1, 0.15) is 13.2 Å². The standard InChI is InChI=1S/C10H14O4.C4H6O6.C2H6O2/c1-7(2)9(11)13-5-6-14-10(12)8(3)4;5-1(3(7)8)2(6)4(9)10;3-1-2-4/h1,3,5-6H2,2,4H3;1-2,5-6H,(H,7,8)(H,9,10);3-4H,1-2H2. The van der Waals surface area contributed by atoms with Crippen LogP contribution >= 0.6 is 0 Å². The molecule has 0 spiro atoms. The van der Waals surface area contributed by atoms with E-state index in [1.807, 2.05) is 0 Å². The molecule has 0 saturated heterocycles. The number of carbonyl (C=O) groups excluding carboxylic acids is 2. The molecule has 0 heterocycles. The second-order valence-corrected chi connectivity index (χ2v) is 4.85. The number of aliphatic carboxylic acids is 2. The Morgan fingerprint density at radius 3 is 1.14 bits per heavy atom. The largest absolute Gasteiger partial charge is 0.479 e. The van der Waals surface area contributed by atoms with E-state index in [1.165, 1.54) is 0 Å². The number of hydrogen-bond donors (Lipinski definition) is 6. The third-order valence-corrected chi connectivity index (χ3v) is 2.15. The first kappa shape index (κ1) is 29.9. The molecule has 0 radical (unpaired) electrons. The van der Waals surface area contributed by atoms with E-state index in [2.05, 4.69) is 22.6 Å². The van der Waals surface area contributed by atoms with Crippen molar-refractivity contribution in [2.75, 3.05) is 26.4 Å². The first-order valence-electron chi connectivity index (χ1n) is 7.52. The lowest BCUT2D eigenvalue weighted by molar-refractivity contribution is -0.165. The smallest absolute Gasteiger partial charge is 0.335 e. The summed E-state index contributed by atoms with van der Waals surface area (Å²) in [5, 5.41) is 47.8. The summed E-state index contributed by atoms with van der Waals surface area (Å²) in [6.07, 6.45) is -4.53. The van der Waals surface area contributed by atoms with Gasteiger partial charge in [-0.25, -0.2) is 19.2 Å². The van der Waals surface area contributed by atoms with E-state index in [0.29, 0.717) is 11.1 Å². The minimum absolute atomic E-state index is 0.0325. The molecule has 0 aromatic carbocycles. The molecule has 12 heteroatoms. The van der Waals surface area contributed by atoms with Crippen molar-refractivity contribution < 1.29 is 59.3 Å². The maximum absolute atomic E-state index is 10.8. The molecule has 28 heavy (non-hydrogen) atoms. The van der Waals surface area contributed by atoms with Crippen molar-refractivity contribution in [3.05, 3.63) is 24.3 Å². The molecular formula is C16H26O12. The molecule has 0 fully saturated rings. The van der Waals surface area contributed by atoms with Crippen molar-refractivity contribution in [2.45, 2.75) is 26.1 Å². The summed E-state index contributed by atoms with van der Waals surface area (Å²) in [4.78, 5) is 41.2. The van der Waals surface area contributed by atoms with Crippen LogP contribution in [-0.4, -0.2) is 93.2 Å². The van der Waals surface area contributed by atoms with Crippen molar-refractivity contribution in [1.29, 1.82) is 0 Å². The van der Waals surface area contributed by atoms with Crippen LogP contribution in [0.25, 0.3) is 0 Å². The van der Waals surface area contributed by atoms with E-state index in [4.69, 9.17) is 30.6 Å². The lowest BCUT2D eigenvalue weighted by atomic mass is 10.2. The zero-order valence-corrected chi connectivity index (χ0v) is 15.5. The summed E-state index contributed by atoms with van der Waals surface area (Å²) in [6.45, 7) is 9.70. The normalized spacial score (nSPS) is 11.2. The fourth-order valence-corrected chi connectivity index (χ4v) is 0.785. The highest BCUT2D eigenvalue weighted by atomic mass is 16.6. The van der Waals surface area contributed by atoms with Gasteiger partial charge in [0.15, 0.2) is 12.2 Å². The van der Waals surface area contributed by atoms with E-state index >= 15 is 0 Å². The van der Waals surface area contributed by atoms with E-state index in [9.17, 15) is 19.2 Å². The van der Waals surface area contributed by atoms with Crippen molar-refractivity contribution in [2.24, 2.45) is 0 Å². The highest BCUT2D eigenvalue weighted by molar-refractivity contribution is 5.87. The Labute approximate surface area is 160 Å². The SMILES string of the molecule is C=C(C)C(=O)OCCOC(=O)C(=C)C.O=C(O)C(O)C(O)C(=O)O.OCCO. The molecule has 0 saturated carbocycles. The Morgan fingerprint density at radius 1 is 0.750 bits per heavy atom. The summed E-state index contributed by atoms with van der Waals surface area (Å²) in [5.74, 6) is -4.52. The molecule has 2 atom stereocenters. The highest BCUT2D eigenvalue weighted by Gasteiger charge is 2.29. The average Bonchev–Trinajstić information content (AvgIpc) is 2.63. The van der Waals surface area contributed by atoms with Gasteiger partial charge in [0.05, 0.1) is 13.2 Å². The van der Waals surface area contributed by atoms with Crippen LogP contribution in [0.2, 0.25) is 0 Å². The predicted octanol–water partition coefficient (Wildman–Crippen LogP) is -1.93. The number of hydrogen-bond acceptors (Lipinski definition) is 10. The third kappa shape index (κ3) is 18.0. The van der Waals surface area contributed by atoms with Crippen LogP contribution in [0.3, 0.4) is 0 Å². The van der Waals surface area contributed by atoms with E-state index in [-0.39, 0.29) is 26.4 Å². The minimum atomic E-state index is -2.27. The zero-order valence-electron chi connectivity index (χ0n) is 15.5. The number of carbonyl (C=O) groups is 4. The minimum Gasteiger partial charge on any atom is -0.479 e. The van der Waals surface area contributed by atoms with Crippen LogP contribution in [0, 0.1) is 0 Å². The van der Waals surface area contributed by atoms with Gasteiger partial charge in [0.2, 0.25) is 0 Å². The number of aliphatic hydroxyl groups is 4. The fraction of sp³-hybridized carbons (Fsp3) is 0.500.